The van der Waals surface area contributed by atoms with Gasteiger partial charge in [-0.25, -0.2) is 0 Å². The summed E-state index contributed by atoms with van der Waals surface area (Å²) in [4.78, 5) is 25.5. The maximum absolute atomic E-state index is 13.0. The third-order valence-corrected chi connectivity index (χ3v) is 14.0. The van der Waals surface area contributed by atoms with Crippen LogP contribution in [-0.2, 0) is 18.4 Å². The monoisotopic (exact) mass is 1040 g/mol. The molecule has 0 heterocycles. The Morgan fingerprint density at radius 3 is 1.27 bits per heavy atom. The van der Waals surface area contributed by atoms with E-state index in [0.29, 0.717) is 17.4 Å². The second-order valence-electron chi connectivity index (χ2n) is 21.3. The summed E-state index contributed by atoms with van der Waals surface area (Å²) in [5.41, 5.74) is 0. The maximum atomic E-state index is 13.0. The minimum absolute atomic E-state index is 0.0113. The zero-order valence-electron chi connectivity index (χ0n) is 48.1. The summed E-state index contributed by atoms with van der Waals surface area (Å²) >= 11 is 0. The second-order valence-corrected chi connectivity index (χ2v) is 22.7. The fourth-order valence-electron chi connectivity index (χ4n) is 8.33. The number of aliphatic hydroxyl groups is 1. The number of aliphatic hydroxyl groups excluding tert-OH is 1. The number of hydrogen-bond donors (Lipinski definition) is 2. The van der Waals surface area contributed by atoms with Crippen molar-refractivity contribution >= 4 is 13.7 Å². The first-order valence-electron chi connectivity index (χ1n) is 30.1. The number of hydrogen-bond acceptors (Lipinski definition) is 6. The summed E-state index contributed by atoms with van der Waals surface area (Å²) in [6.07, 6.45) is 77.9. The summed E-state index contributed by atoms with van der Waals surface area (Å²) in [5, 5.41) is 13.8. The van der Waals surface area contributed by atoms with Crippen LogP contribution in [0.4, 0.5) is 0 Å². The lowest BCUT2D eigenvalue weighted by atomic mass is 10.0. The van der Waals surface area contributed by atoms with Crippen molar-refractivity contribution in [3.05, 3.63) is 97.2 Å². The Hall–Kier alpha value is -2.58. The number of quaternary nitrogens is 1. The van der Waals surface area contributed by atoms with E-state index in [9.17, 15) is 19.4 Å². The number of carbonyl (C=O) groups is 1. The SMILES string of the molecule is CC/C=C\C/C=C\C/C=C\C/C=C\C/C=C\CCCCCCCCCCCCCCCCCCCCCC(=O)NC(COP(=O)([O-])OCC[N+](C)(C)C)C(O)/C=C/CC/C=C/CC/C=C/CCCCCCCC. The predicted molar refractivity (Wildman–Crippen MR) is 316 cm³/mol. The molecule has 0 saturated heterocycles. The highest BCUT2D eigenvalue weighted by Crippen LogP contribution is 2.38. The van der Waals surface area contributed by atoms with Gasteiger partial charge in [-0.3, -0.25) is 9.36 Å². The molecule has 0 aromatic carbocycles. The molecule has 0 aromatic heterocycles. The lowest BCUT2D eigenvalue weighted by Crippen LogP contribution is -2.45. The summed E-state index contributed by atoms with van der Waals surface area (Å²) in [7, 11) is 1.23. The second kappa shape index (κ2) is 54.2. The van der Waals surface area contributed by atoms with Crippen LogP contribution in [0.3, 0.4) is 0 Å². The standard InChI is InChI=1S/C64H115N2O6P/c1-6-8-10-12-14-16-18-20-22-24-25-26-27-28-29-30-31-32-33-34-35-36-37-38-39-40-41-42-44-46-48-50-52-54-56-58-64(68)65-62(61-72-73(69,70)71-60-59-66(3,4)5)63(67)57-55-53-51-49-47-45-43-23-21-19-17-15-13-11-9-7-2/h8,10,14,16,20-23,25-26,28-29,47,49,55,57,62-63,67H,6-7,9,11-13,15,17-19,24,27,30-46,48,50-54,56,58-61H2,1-5H3,(H-,65,68,69,70)/b10-8-,16-14-,22-20-,23-21+,26-25-,29-28-,49-47+,57-55+. The van der Waals surface area contributed by atoms with Crippen LogP contribution in [-0.4, -0.2) is 68.5 Å². The number of amides is 1. The Kier molecular flexibility index (Phi) is 52.3. The first kappa shape index (κ1) is 70.4. The fraction of sp³-hybridized carbons (Fsp3) is 0.734. The molecule has 2 N–H and O–H groups in total. The van der Waals surface area contributed by atoms with Crippen molar-refractivity contribution in [1.82, 2.24) is 5.32 Å². The van der Waals surface area contributed by atoms with Crippen LogP contribution in [0, 0.1) is 0 Å². The third kappa shape index (κ3) is 57.0. The molecule has 1 amide bonds. The molecule has 0 aromatic rings. The van der Waals surface area contributed by atoms with Crippen molar-refractivity contribution in [1.29, 1.82) is 0 Å². The zero-order valence-corrected chi connectivity index (χ0v) is 49.0. The summed E-state index contributed by atoms with van der Waals surface area (Å²) in [6, 6.07) is -0.913. The van der Waals surface area contributed by atoms with Crippen molar-refractivity contribution in [2.45, 2.75) is 264 Å². The van der Waals surface area contributed by atoms with E-state index in [1.165, 1.54) is 154 Å². The van der Waals surface area contributed by atoms with E-state index in [4.69, 9.17) is 9.05 Å². The van der Waals surface area contributed by atoms with E-state index in [2.05, 4.69) is 104 Å². The average molecular weight is 1040 g/mol. The number of phosphoric ester groups is 1. The van der Waals surface area contributed by atoms with Gasteiger partial charge in [0, 0.05) is 6.42 Å². The quantitative estimate of drug-likeness (QED) is 0.0272. The minimum Gasteiger partial charge on any atom is -0.756 e. The van der Waals surface area contributed by atoms with Gasteiger partial charge in [0.15, 0.2) is 0 Å². The molecule has 0 rings (SSSR count). The Morgan fingerprint density at radius 1 is 0.493 bits per heavy atom. The first-order chi connectivity index (χ1) is 35.5. The highest BCUT2D eigenvalue weighted by atomic mass is 31.2. The van der Waals surface area contributed by atoms with Gasteiger partial charge in [0.25, 0.3) is 7.82 Å². The smallest absolute Gasteiger partial charge is 0.268 e. The number of phosphoric acid groups is 1. The lowest BCUT2D eigenvalue weighted by molar-refractivity contribution is -0.870. The largest absolute Gasteiger partial charge is 0.756 e. The van der Waals surface area contributed by atoms with Crippen molar-refractivity contribution in [2.24, 2.45) is 0 Å². The lowest BCUT2D eigenvalue weighted by Gasteiger charge is -2.29. The van der Waals surface area contributed by atoms with Crippen LogP contribution >= 0.6 is 7.82 Å². The molecule has 3 unspecified atom stereocenters. The van der Waals surface area contributed by atoms with Gasteiger partial charge in [0.1, 0.15) is 13.2 Å². The van der Waals surface area contributed by atoms with Gasteiger partial charge in [-0.2, -0.15) is 0 Å². The minimum atomic E-state index is -4.61. The molecular formula is C64H115N2O6P. The molecule has 8 nitrogen and oxygen atoms in total. The van der Waals surface area contributed by atoms with Gasteiger partial charge in [-0.05, 0) is 89.9 Å². The number of nitrogens with one attached hydrogen (secondary N) is 1. The number of rotatable bonds is 54. The van der Waals surface area contributed by atoms with E-state index in [1.54, 1.807) is 6.08 Å². The molecule has 0 aliphatic heterocycles. The van der Waals surface area contributed by atoms with Crippen LogP contribution in [0.15, 0.2) is 97.2 Å². The summed E-state index contributed by atoms with van der Waals surface area (Å²) in [6.45, 7) is 4.50. The molecule has 0 spiro atoms. The van der Waals surface area contributed by atoms with E-state index < -0.39 is 26.6 Å². The number of likely N-dealkylation sites (N-methyl/N-ethyl adjacent to an activating group) is 1. The summed E-state index contributed by atoms with van der Waals surface area (Å²) in [5.74, 6) is -0.212. The van der Waals surface area contributed by atoms with Crippen LogP contribution in [0.1, 0.15) is 251 Å². The van der Waals surface area contributed by atoms with Crippen LogP contribution in [0.2, 0.25) is 0 Å². The van der Waals surface area contributed by atoms with Gasteiger partial charge in [0.05, 0.1) is 39.9 Å². The third-order valence-electron chi connectivity index (χ3n) is 13.0. The number of allylic oxidation sites excluding steroid dienone is 15. The van der Waals surface area contributed by atoms with Gasteiger partial charge in [0.2, 0.25) is 5.91 Å². The Bertz CT molecular complexity index is 1510. The first-order valence-corrected chi connectivity index (χ1v) is 31.6. The van der Waals surface area contributed by atoms with Gasteiger partial charge < -0.3 is 28.8 Å². The molecule has 0 radical (unpaired) electrons. The Balaban J connectivity index is 4.08. The predicted octanol–water partition coefficient (Wildman–Crippen LogP) is 18.0. The molecule has 0 aliphatic carbocycles. The van der Waals surface area contributed by atoms with Crippen molar-refractivity contribution in [3.8, 4) is 0 Å². The van der Waals surface area contributed by atoms with E-state index >= 15 is 0 Å². The Labute approximate surface area is 451 Å². The molecular weight excluding hydrogens is 924 g/mol. The molecule has 0 fully saturated rings. The normalized spacial score (nSPS) is 14.6. The number of carbonyl (C=O) groups excluding carboxylic acids is 1. The molecule has 73 heavy (non-hydrogen) atoms. The van der Waals surface area contributed by atoms with Crippen molar-refractivity contribution in [3.63, 3.8) is 0 Å². The fourth-order valence-corrected chi connectivity index (χ4v) is 9.05. The number of nitrogens with zero attached hydrogens (tertiary/aromatic N) is 1. The molecule has 422 valence electrons. The van der Waals surface area contributed by atoms with Crippen molar-refractivity contribution in [2.75, 3.05) is 40.9 Å². The molecule has 0 aliphatic rings. The summed E-state index contributed by atoms with van der Waals surface area (Å²) < 4.78 is 23.3. The van der Waals surface area contributed by atoms with Crippen LogP contribution in [0.25, 0.3) is 0 Å². The van der Waals surface area contributed by atoms with Crippen molar-refractivity contribution < 1.29 is 32.9 Å². The maximum Gasteiger partial charge on any atom is 0.268 e. The van der Waals surface area contributed by atoms with Gasteiger partial charge in [-0.1, -0.05) is 252 Å². The molecule has 0 bridgehead atoms. The number of unbranched alkanes of at least 4 members (excludes halogenated alkanes) is 27. The average Bonchev–Trinajstić information content (AvgIpc) is 3.35. The Morgan fingerprint density at radius 2 is 0.849 bits per heavy atom. The molecule has 9 heteroatoms. The van der Waals surface area contributed by atoms with E-state index in [-0.39, 0.29) is 12.5 Å². The topological polar surface area (TPSA) is 108 Å². The van der Waals surface area contributed by atoms with E-state index in [1.807, 2.05) is 27.2 Å². The highest BCUT2D eigenvalue weighted by Gasteiger charge is 2.23. The van der Waals surface area contributed by atoms with Crippen LogP contribution < -0.4 is 10.2 Å². The van der Waals surface area contributed by atoms with E-state index in [0.717, 1.165) is 77.0 Å². The molecule has 0 saturated carbocycles. The molecule has 3 atom stereocenters. The van der Waals surface area contributed by atoms with Crippen LogP contribution in [0.5, 0.6) is 0 Å². The highest BCUT2D eigenvalue weighted by molar-refractivity contribution is 7.45. The zero-order chi connectivity index (χ0) is 53.5. The van der Waals surface area contributed by atoms with Gasteiger partial charge in [-0.15, -0.1) is 0 Å². The van der Waals surface area contributed by atoms with Gasteiger partial charge >= 0.3 is 0 Å².